The molecule has 4 rings (SSSR count). The summed E-state index contributed by atoms with van der Waals surface area (Å²) in [5, 5.41) is 23.5. The Kier molecular flexibility index (Phi) is 9.87. The largest absolute Gasteiger partial charge is 0.462 e. The van der Waals surface area contributed by atoms with E-state index in [0.717, 1.165) is 15.8 Å². The summed E-state index contributed by atoms with van der Waals surface area (Å²) in [4.78, 5) is 25.8. The molecule has 0 bridgehead atoms. The highest BCUT2D eigenvalue weighted by Gasteiger charge is 2.34. The fourth-order valence-corrected chi connectivity index (χ4v) is 6.70. The molecule has 3 heterocycles. The number of nitrogens with zero attached hydrogens (tertiary/aromatic N) is 5. The van der Waals surface area contributed by atoms with Crippen molar-refractivity contribution in [3.63, 3.8) is 0 Å². The number of nitrogens with two attached hydrogens (primary N) is 1. The van der Waals surface area contributed by atoms with Gasteiger partial charge >= 0.3 is 12.6 Å². The van der Waals surface area contributed by atoms with Gasteiger partial charge in [-0.15, -0.1) is 5.10 Å². The number of aromatic nitrogens is 5. The van der Waals surface area contributed by atoms with Gasteiger partial charge in [-0.3, -0.25) is 15.0 Å². The minimum atomic E-state index is -3.25. The maximum absolute atomic E-state index is 13.4. The zero-order valence-electron chi connectivity index (χ0n) is 23.4. The number of nitrogen functional groups attached to an aromatic ring is 1. The Hall–Kier alpha value is -3.23. The molecule has 0 radical (unpaired) electrons. The molecule has 4 atom stereocenters. The van der Waals surface area contributed by atoms with Gasteiger partial charge in [0.25, 0.3) is 5.56 Å². The predicted octanol–water partition coefficient (Wildman–Crippen LogP) is 2.61. The van der Waals surface area contributed by atoms with Crippen molar-refractivity contribution in [2.45, 2.75) is 77.9 Å². The van der Waals surface area contributed by atoms with Gasteiger partial charge in [0, 0.05) is 0 Å². The molecule has 1 aliphatic rings. The van der Waals surface area contributed by atoms with Gasteiger partial charge in [0.05, 0.1) is 24.5 Å². The Balaban J connectivity index is 1.49. The second-order valence-electron chi connectivity index (χ2n) is 9.85. The van der Waals surface area contributed by atoms with Crippen molar-refractivity contribution in [1.29, 1.82) is 5.41 Å². The second-order valence-corrected chi connectivity index (χ2v) is 13.0. The molecular formula is C25H35N8O6PS. The lowest BCUT2D eigenvalue weighted by molar-refractivity contribution is -0.149. The molecule has 1 saturated heterocycles. The topological polar surface area (TPSA) is 181 Å². The third-order valence-corrected chi connectivity index (χ3v) is 8.61. The van der Waals surface area contributed by atoms with Gasteiger partial charge in [0.1, 0.15) is 17.3 Å². The van der Waals surface area contributed by atoms with Gasteiger partial charge < -0.3 is 24.3 Å². The number of benzene rings is 1. The lowest BCUT2D eigenvalue weighted by Gasteiger charge is -2.27. The zero-order chi connectivity index (χ0) is 29.7. The molecule has 14 nitrogen and oxygen atoms in total. The molecule has 3 aromatic rings. The lowest BCUT2D eigenvalue weighted by atomic mass is 10.2. The number of hydrogen-bond acceptors (Lipinski definition) is 11. The van der Waals surface area contributed by atoms with Crippen LogP contribution in [0.25, 0.3) is 11.0 Å². The fraction of sp³-hybridized carbons (Fsp3) is 0.520. The first-order valence-corrected chi connectivity index (χ1v) is 16.0. The summed E-state index contributed by atoms with van der Waals surface area (Å²) in [5.74, 6) is -0.389. The summed E-state index contributed by atoms with van der Waals surface area (Å²) in [6.07, 6.45) is 0.871. The van der Waals surface area contributed by atoms with E-state index in [-0.39, 0.29) is 18.2 Å². The van der Waals surface area contributed by atoms with E-state index < -0.39 is 42.5 Å². The van der Waals surface area contributed by atoms with E-state index in [1.54, 1.807) is 45.0 Å². The maximum atomic E-state index is 13.4. The molecule has 0 saturated carbocycles. The SMILES string of the molecule is CCCc1nn(C(=N)N)c2c(=O)n(C3CCC(COP(=S)(NC(C)C(=O)OC(C)C)Oc4ccccc4)O3)nnc12. The minimum Gasteiger partial charge on any atom is -0.462 e. The molecular weight excluding hydrogens is 571 g/mol. The minimum absolute atomic E-state index is 0.0377. The van der Waals surface area contributed by atoms with Crippen molar-refractivity contribution in [2.75, 3.05) is 6.61 Å². The number of para-hydroxylation sites is 1. The maximum Gasteiger partial charge on any atom is 0.323 e. The Morgan fingerprint density at radius 2 is 2.02 bits per heavy atom. The van der Waals surface area contributed by atoms with Crippen LogP contribution in [0.5, 0.6) is 5.75 Å². The summed E-state index contributed by atoms with van der Waals surface area (Å²) >= 11 is 5.76. The quantitative estimate of drug-likeness (QED) is 0.119. The van der Waals surface area contributed by atoms with Gasteiger partial charge in [-0.05, 0) is 64.0 Å². The Labute approximate surface area is 242 Å². The van der Waals surface area contributed by atoms with Crippen LogP contribution in [-0.4, -0.2) is 61.6 Å². The average Bonchev–Trinajstić information content (AvgIpc) is 3.54. The van der Waals surface area contributed by atoms with E-state index in [4.69, 9.17) is 41.5 Å². The monoisotopic (exact) mass is 606 g/mol. The van der Waals surface area contributed by atoms with E-state index in [9.17, 15) is 9.59 Å². The number of rotatable bonds is 12. The van der Waals surface area contributed by atoms with Crippen LogP contribution >= 0.6 is 6.64 Å². The van der Waals surface area contributed by atoms with Crippen LogP contribution in [0, 0.1) is 5.41 Å². The molecule has 0 aliphatic carbocycles. The number of fused-ring (bicyclic) bond motifs is 1. The number of nitrogens with one attached hydrogen (secondary N) is 2. The molecule has 16 heteroatoms. The lowest BCUT2D eigenvalue weighted by Crippen LogP contribution is -2.36. The smallest absolute Gasteiger partial charge is 0.323 e. The van der Waals surface area contributed by atoms with Gasteiger partial charge in [-0.25, -0.2) is 5.09 Å². The first kappa shape index (κ1) is 30.7. The van der Waals surface area contributed by atoms with Crippen molar-refractivity contribution in [1.82, 2.24) is 29.9 Å². The fourth-order valence-electron chi connectivity index (χ4n) is 4.27. The molecule has 222 valence electrons. The summed E-state index contributed by atoms with van der Waals surface area (Å²) in [6.45, 7) is 3.92. The summed E-state index contributed by atoms with van der Waals surface area (Å²) in [6, 6.07) is 8.14. The van der Waals surface area contributed by atoms with Crippen molar-refractivity contribution < 1.29 is 23.3 Å². The molecule has 41 heavy (non-hydrogen) atoms. The molecule has 1 aliphatic heterocycles. The highest BCUT2D eigenvalue weighted by atomic mass is 32.5. The van der Waals surface area contributed by atoms with Crippen LogP contribution in [0.1, 0.15) is 58.9 Å². The van der Waals surface area contributed by atoms with Crippen LogP contribution in [0.3, 0.4) is 0 Å². The third kappa shape index (κ3) is 7.35. The van der Waals surface area contributed by atoms with Gasteiger partial charge in [-0.2, -0.15) is 14.5 Å². The summed E-state index contributed by atoms with van der Waals surface area (Å²) < 4.78 is 25.7. The van der Waals surface area contributed by atoms with E-state index in [0.29, 0.717) is 36.2 Å². The number of carbonyl (C=O) groups excluding carboxylic acids is 1. The van der Waals surface area contributed by atoms with Crippen LogP contribution in [0.15, 0.2) is 35.1 Å². The van der Waals surface area contributed by atoms with E-state index in [1.807, 2.05) is 13.0 Å². The van der Waals surface area contributed by atoms with Gasteiger partial charge in [0.15, 0.2) is 11.7 Å². The number of hydrogen-bond donors (Lipinski definition) is 3. The van der Waals surface area contributed by atoms with E-state index in [1.165, 1.54) is 0 Å². The Morgan fingerprint density at radius 3 is 2.68 bits per heavy atom. The number of esters is 1. The second kappa shape index (κ2) is 13.2. The molecule has 1 aromatic carbocycles. The van der Waals surface area contributed by atoms with Gasteiger partial charge in [-0.1, -0.05) is 36.8 Å². The van der Waals surface area contributed by atoms with Crippen molar-refractivity contribution in [3.05, 3.63) is 46.4 Å². The van der Waals surface area contributed by atoms with E-state index in [2.05, 4.69) is 20.5 Å². The average molecular weight is 607 g/mol. The van der Waals surface area contributed by atoms with Crippen LogP contribution < -0.4 is 20.9 Å². The Bertz CT molecular complexity index is 1500. The molecule has 0 spiro atoms. The molecule has 1 fully saturated rings. The van der Waals surface area contributed by atoms with Crippen LogP contribution in [0.2, 0.25) is 0 Å². The number of ether oxygens (including phenoxy) is 2. The molecule has 2 aromatic heterocycles. The van der Waals surface area contributed by atoms with Gasteiger partial charge in [0.2, 0.25) is 5.96 Å². The summed E-state index contributed by atoms with van der Waals surface area (Å²) in [7, 11) is 0. The van der Waals surface area contributed by atoms with Crippen molar-refractivity contribution >= 4 is 41.4 Å². The first-order chi connectivity index (χ1) is 19.5. The highest BCUT2D eigenvalue weighted by molar-refractivity contribution is 8.09. The van der Waals surface area contributed by atoms with Crippen molar-refractivity contribution in [2.24, 2.45) is 5.73 Å². The standard InChI is InChI=1S/C25H35N8O6PS/c1-5-9-19-21-22(33(29-19)25(26)27)23(34)32(31-28-21)20-13-12-18(38-20)14-36-40(41,39-17-10-7-6-8-11-17)30-16(4)24(35)37-15(2)3/h6-8,10-11,15-16,18,20H,5,9,12-14H2,1-4H3,(H3,26,27)(H,30,41). The van der Waals surface area contributed by atoms with Crippen molar-refractivity contribution in [3.8, 4) is 5.75 Å². The molecule has 4 unspecified atom stereocenters. The number of carbonyl (C=O) groups is 1. The zero-order valence-corrected chi connectivity index (χ0v) is 25.1. The number of aryl methyl sites for hydroxylation is 1. The van der Waals surface area contributed by atoms with E-state index >= 15 is 0 Å². The summed E-state index contributed by atoms with van der Waals surface area (Å²) in [5.41, 5.74) is 6.12. The highest BCUT2D eigenvalue weighted by Crippen LogP contribution is 2.46. The first-order valence-electron chi connectivity index (χ1n) is 13.4. The molecule has 4 N–H and O–H groups in total. The predicted molar refractivity (Wildman–Crippen MR) is 155 cm³/mol. The molecule has 0 amide bonds. The third-order valence-electron chi connectivity index (χ3n) is 6.11. The van der Waals surface area contributed by atoms with Crippen LogP contribution in [0.4, 0.5) is 0 Å². The normalized spacial score (nSPS) is 19.2. The van der Waals surface area contributed by atoms with Crippen LogP contribution in [-0.2, 0) is 37.0 Å². The Morgan fingerprint density at radius 1 is 1.29 bits per heavy atom.